The molecule has 1 atom stereocenters. The van der Waals surface area contributed by atoms with E-state index < -0.39 is 0 Å². The van der Waals surface area contributed by atoms with E-state index in [0.717, 1.165) is 36.2 Å². The van der Waals surface area contributed by atoms with Crippen molar-refractivity contribution in [3.63, 3.8) is 0 Å². The molecule has 2 N–H and O–H groups in total. The fourth-order valence-electron chi connectivity index (χ4n) is 3.22. The summed E-state index contributed by atoms with van der Waals surface area (Å²) in [5.74, 6) is 1.41. The smallest absolute Gasteiger partial charge is 0.161 e. The molecule has 0 amide bonds. The average molecular weight is 424 g/mol. The lowest BCUT2D eigenvalue weighted by molar-refractivity contribution is 0.0300. The van der Waals surface area contributed by atoms with Gasteiger partial charge < -0.3 is 19.9 Å². The highest BCUT2D eigenvalue weighted by atomic mass is 79.9. The Morgan fingerprint density at radius 3 is 2.25 bits per heavy atom. The number of piperazine rings is 1. The van der Waals surface area contributed by atoms with Crippen molar-refractivity contribution in [1.29, 1.82) is 0 Å². The van der Waals surface area contributed by atoms with Crippen LogP contribution in [0.25, 0.3) is 0 Å². The highest BCUT2D eigenvalue weighted by Crippen LogP contribution is 2.44. The molecule has 1 aromatic carbocycles. The van der Waals surface area contributed by atoms with Gasteiger partial charge in [-0.2, -0.15) is 0 Å². The number of nitrogens with zero attached hydrogens (tertiary/aromatic N) is 1. The molecule has 1 aliphatic rings. The molecule has 5 nitrogen and oxygen atoms in total. The Labute approximate surface area is 159 Å². The number of rotatable bonds is 6. The van der Waals surface area contributed by atoms with Crippen molar-refractivity contribution in [3.8, 4) is 11.5 Å². The van der Waals surface area contributed by atoms with E-state index in [9.17, 15) is 5.11 Å². The molecule has 0 aliphatic carbocycles. The third-order valence-electron chi connectivity index (χ3n) is 4.46. The maximum absolute atomic E-state index is 9.96. The second-order valence-corrected chi connectivity index (χ2v) is 7.42. The first-order chi connectivity index (χ1) is 10.9. The van der Waals surface area contributed by atoms with Crippen molar-refractivity contribution in [2.75, 3.05) is 47.0 Å². The highest BCUT2D eigenvalue weighted by Gasteiger charge is 2.37. The Hall–Kier alpha value is -0.530. The van der Waals surface area contributed by atoms with Crippen LogP contribution in [0.5, 0.6) is 11.5 Å². The largest absolute Gasteiger partial charge is 0.493 e. The van der Waals surface area contributed by atoms with E-state index in [1.807, 2.05) is 12.1 Å². The maximum atomic E-state index is 9.96. The summed E-state index contributed by atoms with van der Waals surface area (Å²) in [6.07, 6.45) is 0. The zero-order valence-corrected chi connectivity index (χ0v) is 17.2. The molecule has 1 fully saturated rings. The van der Waals surface area contributed by atoms with Crippen LogP contribution in [0.15, 0.2) is 16.6 Å². The number of nitrogens with one attached hydrogen (secondary N) is 1. The first-order valence-electron chi connectivity index (χ1n) is 7.91. The van der Waals surface area contributed by atoms with Gasteiger partial charge in [0.1, 0.15) is 0 Å². The monoisotopic (exact) mass is 422 g/mol. The van der Waals surface area contributed by atoms with E-state index in [4.69, 9.17) is 9.47 Å². The van der Waals surface area contributed by atoms with Gasteiger partial charge in [0.15, 0.2) is 11.5 Å². The van der Waals surface area contributed by atoms with Crippen LogP contribution in [-0.2, 0) is 0 Å². The fraction of sp³-hybridized carbons (Fsp3) is 0.647. The van der Waals surface area contributed by atoms with Crippen molar-refractivity contribution >= 4 is 28.3 Å². The second-order valence-electron chi connectivity index (χ2n) is 6.56. The van der Waals surface area contributed by atoms with Crippen LogP contribution in [-0.4, -0.2) is 57.0 Å². The molecule has 0 spiro atoms. The molecule has 24 heavy (non-hydrogen) atoms. The standard InChI is InChI=1S/C17H27BrN2O3.ClH/c1-17(2,11-21)16(20-7-5-19-6-8-20)12-9-14(22-3)15(23-4)10-13(12)18;/h9-10,16,19,21H,5-8,11H2,1-4H3;1H/t16-;/m1./s1. The molecule has 0 bridgehead atoms. The first-order valence-corrected chi connectivity index (χ1v) is 8.71. The summed E-state index contributed by atoms with van der Waals surface area (Å²) in [6, 6.07) is 4.05. The molecule has 2 rings (SSSR count). The minimum atomic E-state index is -0.278. The summed E-state index contributed by atoms with van der Waals surface area (Å²) >= 11 is 3.68. The molecule has 0 aromatic heterocycles. The predicted molar refractivity (Wildman–Crippen MR) is 103 cm³/mol. The van der Waals surface area contributed by atoms with E-state index in [0.29, 0.717) is 11.5 Å². The lowest BCUT2D eigenvalue weighted by Crippen LogP contribution is -2.49. The number of hydrogen-bond acceptors (Lipinski definition) is 5. The molecule has 1 saturated heterocycles. The van der Waals surface area contributed by atoms with Crippen LogP contribution in [0.4, 0.5) is 0 Å². The Balaban J connectivity index is 0.00000288. The molecule has 0 saturated carbocycles. The van der Waals surface area contributed by atoms with Gasteiger partial charge in [0.2, 0.25) is 0 Å². The summed E-state index contributed by atoms with van der Waals surface area (Å²) in [4.78, 5) is 2.43. The van der Waals surface area contributed by atoms with Gasteiger partial charge >= 0.3 is 0 Å². The van der Waals surface area contributed by atoms with E-state index in [-0.39, 0.29) is 30.5 Å². The molecule has 0 radical (unpaired) electrons. The number of benzene rings is 1. The van der Waals surface area contributed by atoms with Gasteiger partial charge in [-0.05, 0) is 17.7 Å². The van der Waals surface area contributed by atoms with Crippen LogP contribution in [0, 0.1) is 5.41 Å². The van der Waals surface area contributed by atoms with Crippen LogP contribution in [0.3, 0.4) is 0 Å². The van der Waals surface area contributed by atoms with E-state index in [1.54, 1.807) is 14.2 Å². The van der Waals surface area contributed by atoms with Crippen LogP contribution < -0.4 is 14.8 Å². The summed E-state index contributed by atoms with van der Waals surface area (Å²) in [6.45, 7) is 8.14. The minimum absolute atomic E-state index is 0. The zero-order chi connectivity index (χ0) is 17.0. The molecule has 1 aliphatic heterocycles. The van der Waals surface area contributed by atoms with E-state index in [2.05, 4.69) is 40.0 Å². The van der Waals surface area contributed by atoms with E-state index in [1.165, 1.54) is 0 Å². The van der Waals surface area contributed by atoms with Crippen molar-refractivity contribution < 1.29 is 14.6 Å². The number of ether oxygens (including phenoxy) is 2. The van der Waals surface area contributed by atoms with Crippen LogP contribution >= 0.6 is 28.3 Å². The quantitative estimate of drug-likeness (QED) is 0.737. The fourth-order valence-corrected chi connectivity index (χ4v) is 3.76. The first kappa shape index (κ1) is 21.5. The van der Waals surface area contributed by atoms with Crippen molar-refractivity contribution in [1.82, 2.24) is 10.2 Å². The van der Waals surface area contributed by atoms with Crippen LogP contribution in [0.2, 0.25) is 0 Å². The number of methoxy groups -OCH3 is 2. The number of halogens is 2. The topological polar surface area (TPSA) is 54.0 Å². The Morgan fingerprint density at radius 2 is 1.75 bits per heavy atom. The van der Waals surface area contributed by atoms with Crippen molar-refractivity contribution in [2.24, 2.45) is 5.41 Å². The SMILES string of the molecule is COc1cc(Br)c([C@@H](N2CCNCC2)C(C)(C)CO)cc1OC.Cl. The van der Waals surface area contributed by atoms with Gasteiger partial charge in [-0.15, -0.1) is 12.4 Å². The lowest BCUT2D eigenvalue weighted by atomic mass is 9.79. The predicted octanol–water partition coefficient (Wildman–Crippen LogP) is 2.85. The molecule has 1 heterocycles. The summed E-state index contributed by atoms with van der Waals surface area (Å²) < 4.78 is 11.8. The van der Waals surface area contributed by atoms with Crippen molar-refractivity contribution in [2.45, 2.75) is 19.9 Å². The molecule has 1 aromatic rings. The molecule has 138 valence electrons. The zero-order valence-electron chi connectivity index (χ0n) is 14.8. The van der Waals surface area contributed by atoms with Crippen LogP contribution in [0.1, 0.15) is 25.5 Å². The molecular formula is C17H28BrClN2O3. The van der Waals surface area contributed by atoms with Crippen molar-refractivity contribution in [3.05, 3.63) is 22.2 Å². The molecule has 7 heteroatoms. The Morgan fingerprint density at radius 1 is 1.21 bits per heavy atom. The van der Waals surface area contributed by atoms with Gasteiger partial charge in [0.25, 0.3) is 0 Å². The summed E-state index contributed by atoms with van der Waals surface area (Å²) in [7, 11) is 3.28. The summed E-state index contributed by atoms with van der Waals surface area (Å²) in [5.41, 5.74) is 0.836. The Kier molecular flexibility index (Phi) is 8.29. The second kappa shape index (κ2) is 9.25. The van der Waals surface area contributed by atoms with Gasteiger partial charge in [0.05, 0.1) is 14.2 Å². The average Bonchev–Trinajstić information content (AvgIpc) is 2.57. The number of hydrogen-bond donors (Lipinski definition) is 2. The maximum Gasteiger partial charge on any atom is 0.161 e. The Bertz CT molecular complexity index is 537. The highest BCUT2D eigenvalue weighted by molar-refractivity contribution is 9.10. The van der Waals surface area contributed by atoms with Gasteiger partial charge in [-0.1, -0.05) is 29.8 Å². The molecular weight excluding hydrogens is 396 g/mol. The number of aliphatic hydroxyl groups excluding tert-OH is 1. The third-order valence-corrected chi connectivity index (χ3v) is 5.15. The van der Waals surface area contributed by atoms with Gasteiger partial charge in [-0.3, -0.25) is 4.90 Å². The molecule has 0 unspecified atom stereocenters. The number of aliphatic hydroxyl groups is 1. The third kappa shape index (κ3) is 4.55. The van der Waals surface area contributed by atoms with Gasteiger partial charge in [-0.25, -0.2) is 0 Å². The normalized spacial score (nSPS) is 17.1. The van der Waals surface area contributed by atoms with Gasteiger partial charge in [0, 0.05) is 48.7 Å². The van der Waals surface area contributed by atoms with E-state index >= 15 is 0 Å². The minimum Gasteiger partial charge on any atom is -0.493 e. The lowest BCUT2D eigenvalue weighted by Gasteiger charge is -2.44. The summed E-state index contributed by atoms with van der Waals surface area (Å²) in [5, 5.41) is 13.3.